The lowest BCUT2D eigenvalue weighted by atomic mass is 9.69. The maximum atomic E-state index is 13.9. The highest BCUT2D eigenvalue weighted by Crippen LogP contribution is 2.39. The molecule has 2 aliphatic carbocycles. The van der Waals surface area contributed by atoms with Gasteiger partial charge in [-0.2, -0.15) is 5.26 Å². The highest BCUT2D eigenvalue weighted by atomic mass is 35.5. The van der Waals surface area contributed by atoms with Crippen LogP contribution in [0.15, 0.2) is 54.5 Å². The Balaban J connectivity index is 1.44. The molecular formula is C28H30BClFN7. The van der Waals surface area contributed by atoms with Crippen LogP contribution in [0.5, 0.6) is 0 Å². The van der Waals surface area contributed by atoms with Gasteiger partial charge in [-0.05, 0) is 61.4 Å². The van der Waals surface area contributed by atoms with Gasteiger partial charge in [-0.25, -0.2) is 4.39 Å². The predicted molar refractivity (Wildman–Crippen MR) is 151 cm³/mol. The molecule has 4 N–H and O–H groups in total. The Labute approximate surface area is 227 Å². The van der Waals surface area contributed by atoms with Crippen molar-refractivity contribution in [3.05, 3.63) is 76.5 Å². The number of nitrogens with zero attached hydrogens (tertiary/aromatic N) is 3. The Morgan fingerprint density at radius 3 is 2.68 bits per heavy atom. The predicted octanol–water partition coefficient (Wildman–Crippen LogP) is 4.73. The second kappa shape index (κ2) is 9.68. The zero-order chi connectivity index (χ0) is 26.4. The van der Waals surface area contributed by atoms with E-state index in [4.69, 9.17) is 11.6 Å². The normalized spacial score (nSPS) is 22.5. The first-order valence-electron chi connectivity index (χ1n) is 13.2. The zero-order valence-corrected chi connectivity index (χ0v) is 22.2. The van der Waals surface area contributed by atoms with Crippen molar-refractivity contribution in [3.8, 4) is 6.07 Å². The highest BCUT2D eigenvalue weighted by molar-refractivity contribution is 6.36. The number of nitriles is 1. The number of hydrogen-bond donors (Lipinski definition) is 4. The van der Waals surface area contributed by atoms with E-state index in [9.17, 15) is 9.65 Å². The molecule has 2 heterocycles. The molecule has 10 heteroatoms. The lowest BCUT2D eigenvalue weighted by molar-refractivity contribution is 0.260. The SMILES string of the molecule is BC(Nc1cc(Cl)c2ncc(C#N)c(NC3CCCC3C)c2c1)(C1=CN(C2CC2)NN1)c1ccc(F)cc1. The molecule has 7 nitrogen and oxygen atoms in total. The van der Waals surface area contributed by atoms with Crippen molar-refractivity contribution >= 4 is 41.7 Å². The number of hydrazine groups is 2. The van der Waals surface area contributed by atoms with Crippen LogP contribution in [0.2, 0.25) is 5.02 Å². The van der Waals surface area contributed by atoms with E-state index in [0.29, 0.717) is 34.1 Å². The van der Waals surface area contributed by atoms with Crippen LogP contribution in [-0.4, -0.2) is 29.9 Å². The number of pyridine rings is 1. The standard InChI is InChI=1S/C28H30BClFN7/c1-16-3-2-4-24(16)34-26-17(13-32)14-33-27-22(26)11-20(12-23(27)30)35-28(29,18-5-7-19(31)8-6-18)25-15-38(37-36-25)21-9-10-21/h5-8,11-12,14-16,21,24,35-37H,2-4,9-10,29H2,1H3,(H,33,34). The van der Waals surface area contributed by atoms with Gasteiger partial charge in [-0.1, -0.05) is 37.1 Å². The Morgan fingerprint density at radius 2 is 2.00 bits per heavy atom. The van der Waals surface area contributed by atoms with Crippen LogP contribution in [0, 0.1) is 23.1 Å². The molecule has 0 radical (unpaired) electrons. The highest BCUT2D eigenvalue weighted by Gasteiger charge is 2.38. The summed E-state index contributed by atoms with van der Waals surface area (Å²) in [5.74, 6) is 0.230. The molecule has 1 aromatic heterocycles. The summed E-state index contributed by atoms with van der Waals surface area (Å²) in [5, 5.41) is 20.6. The van der Waals surface area contributed by atoms with E-state index < -0.39 is 5.44 Å². The van der Waals surface area contributed by atoms with Crippen LogP contribution >= 0.6 is 11.6 Å². The third-order valence-corrected chi connectivity index (χ3v) is 8.41. The number of nitrogens with one attached hydrogen (secondary N) is 4. The Bertz CT molecular complexity index is 1450. The Hall–Kier alpha value is -3.48. The van der Waals surface area contributed by atoms with E-state index in [1.54, 1.807) is 18.3 Å². The van der Waals surface area contributed by atoms with Crippen molar-refractivity contribution in [3.63, 3.8) is 0 Å². The summed E-state index contributed by atoms with van der Waals surface area (Å²) in [5.41, 5.74) is 10.3. The number of rotatable bonds is 7. The van der Waals surface area contributed by atoms with Crippen molar-refractivity contribution in [2.45, 2.75) is 56.5 Å². The third kappa shape index (κ3) is 4.52. The van der Waals surface area contributed by atoms with E-state index in [-0.39, 0.29) is 5.82 Å². The van der Waals surface area contributed by atoms with Gasteiger partial charge in [0.15, 0.2) is 0 Å². The maximum Gasteiger partial charge on any atom is 0.148 e. The number of fused-ring (bicyclic) bond motifs is 1. The molecule has 3 aromatic rings. The van der Waals surface area contributed by atoms with Crippen molar-refractivity contribution in [1.82, 2.24) is 21.0 Å². The van der Waals surface area contributed by atoms with E-state index >= 15 is 0 Å². The van der Waals surface area contributed by atoms with Gasteiger partial charge in [0.05, 0.1) is 32.9 Å². The lowest BCUT2D eigenvalue weighted by Crippen LogP contribution is -2.45. The van der Waals surface area contributed by atoms with Gasteiger partial charge in [0.25, 0.3) is 0 Å². The topological polar surface area (TPSA) is 88.0 Å². The van der Waals surface area contributed by atoms with E-state index in [1.165, 1.54) is 25.0 Å². The number of hydrogen-bond acceptors (Lipinski definition) is 7. The first-order chi connectivity index (χ1) is 18.4. The van der Waals surface area contributed by atoms with Gasteiger partial charge in [-0.15, -0.1) is 5.53 Å². The van der Waals surface area contributed by atoms with Gasteiger partial charge in [0, 0.05) is 35.6 Å². The summed E-state index contributed by atoms with van der Waals surface area (Å²) < 4.78 is 13.9. The van der Waals surface area contributed by atoms with Crippen LogP contribution in [0.1, 0.15) is 50.2 Å². The number of anilines is 2. The molecule has 3 aliphatic rings. The molecule has 0 amide bonds. The summed E-state index contributed by atoms with van der Waals surface area (Å²) in [6, 6.07) is 13.4. The summed E-state index contributed by atoms with van der Waals surface area (Å²) in [4.78, 5) is 4.52. The molecular weight excluding hydrogens is 500 g/mol. The number of aromatic nitrogens is 1. The largest absolute Gasteiger partial charge is 0.380 e. The van der Waals surface area contributed by atoms with Crippen molar-refractivity contribution < 1.29 is 4.39 Å². The maximum absolute atomic E-state index is 13.9. The van der Waals surface area contributed by atoms with Crippen LogP contribution < -0.4 is 21.6 Å². The fourth-order valence-corrected chi connectivity index (χ4v) is 5.88. The van der Waals surface area contributed by atoms with Crippen molar-refractivity contribution in [2.75, 3.05) is 10.6 Å². The molecule has 1 aliphatic heterocycles. The van der Waals surface area contributed by atoms with Gasteiger partial charge in [0.2, 0.25) is 0 Å². The van der Waals surface area contributed by atoms with Gasteiger partial charge in [0.1, 0.15) is 19.7 Å². The minimum Gasteiger partial charge on any atom is -0.380 e. The second-order valence-corrected chi connectivity index (χ2v) is 11.3. The first kappa shape index (κ1) is 24.8. The second-order valence-electron chi connectivity index (χ2n) is 10.8. The molecule has 2 saturated carbocycles. The lowest BCUT2D eigenvalue weighted by Gasteiger charge is -2.34. The average Bonchev–Trinajstić information content (AvgIpc) is 3.49. The summed E-state index contributed by atoms with van der Waals surface area (Å²) in [7, 11) is 2.05. The van der Waals surface area contributed by atoms with Gasteiger partial charge >= 0.3 is 0 Å². The Morgan fingerprint density at radius 1 is 1.21 bits per heavy atom. The molecule has 0 saturated heterocycles. The van der Waals surface area contributed by atoms with Crippen LogP contribution in [0.3, 0.4) is 0 Å². The molecule has 2 aromatic carbocycles. The van der Waals surface area contributed by atoms with E-state index in [1.807, 2.05) is 12.1 Å². The molecule has 38 heavy (non-hydrogen) atoms. The van der Waals surface area contributed by atoms with Gasteiger partial charge < -0.3 is 16.1 Å². The number of benzene rings is 2. The minimum absolute atomic E-state index is 0.289. The molecule has 0 bridgehead atoms. The van der Waals surface area contributed by atoms with E-state index in [2.05, 4.69) is 58.6 Å². The first-order valence-corrected chi connectivity index (χ1v) is 13.6. The van der Waals surface area contributed by atoms with E-state index in [0.717, 1.165) is 47.3 Å². The quantitative estimate of drug-likeness (QED) is 0.329. The zero-order valence-electron chi connectivity index (χ0n) is 21.5. The van der Waals surface area contributed by atoms with Crippen LogP contribution in [0.25, 0.3) is 10.9 Å². The molecule has 0 spiro atoms. The molecule has 194 valence electrons. The molecule has 3 atom stereocenters. The third-order valence-electron chi connectivity index (χ3n) is 8.12. The van der Waals surface area contributed by atoms with Crippen LogP contribution in [0.4, 0.5) is 15.8 Å². The molecule has 6 rings (SSSR count). The number of halogens is 2. The fourth-order valence-electron chi connectivity index (χ4n) is 5.62. The van der Waals surface area contributed by atoms with Crippen molar-refractivity contribution in [1.29, 1.82) is 5.26 Å². The summed E-state index contributed by atoms with van der Waals surface area (Å²) in [6.07, 6.45) is 9.35. The molecule has 2 fully saturated rings. The summed E-state index contributed by atoms with van der Waals surface area (Å²) in [6.45, 7) is 2.25. The Kier molecular flexibility index (Phi) is 6.33. The molecule has 3 unspecified atom stereocenters. The van der Waals surface area contributed by atoms with Gasteiger partial charge in [-0.3, -0.25) is 9.99 Å². The van der Waals surface area contributed by atoms with Crippen LogP contribution in [-0.2, 0) is 5.44 Å². The monoisotopic (exact) mass is 529 g/mol. The van der Waals surface area contributed by atoms with Crippen molar-refractivity contribution in [2.24, 2.45) is 5.92 Å². The minimum atomic E-state index is -0.741. The summed E-state index contributed by atoms with van der Waals surface area (Å²) >= 11 is 6.79. The smallest absolute Gasteiger partial charge is 0.148 e. The fraction of sp³-hybridized carbons (Fsp3) is 0.357. The average molecular weight is 530 g/mol.